The molecule has 258 valence electrons. The molecular weight excluding hydrogens is 550 g/mol. The summed E-state index contributed by atoms with van der Waals surface area (Å²) in [5, 5.41) is 3.34. The highest BCUT2D eigenvalue weighted by Crippen LogP contribution is 2.12. The summed E-state index contributed by atoms with van der Waals surface area (Å²) in [5.74, 6) is 0. The maximum absolute atomic E-state index is 5.80. The van der Waals surface area contributed by atoms with Crippen molar-refractivity contribution in [3.05, 3.63) is 0 Å². The minimum atomic E-state index is 0.383. The number of hydrogen-bond acceptors (Lipinski definition) is 9. The Morgan fingerprint density at radius 1 is 0.372 bits per heavy atom. The van der Waals surface area contributed by atoms with Gasteiger partial charge < -0.3 is 43.2 Å². The predicted molar refractivity (Wildman–Crippen MR) is 173 cm³/mol. The van der Waals surface area contributed by atoms with E-state index in [9.17, 15) is 0 Å². The first-order chi connectivity index (χ1) is 21.4. The Bertz CT molecular complexity index is 511. The van der Waals surface area contributed by atoms with Crippen molar-refractivity contribution in [2.75, 3.05) is 112 Å². The molecule has 0 saturated carbocycles. The number of ether oxygens (including phenoxy) is 8. The number of unbranched alkanes of at least 4 members (excludes halogenated alkanes) is 12. The van der Waals surface area contributed by atoms with Gasteiger partial charge in [0.05, 0.1) is 98.6 Å². The monoisotopic (exact) mass is 620 g/mol. The molecular formula is C34H69NO8. The largest absolute Gasteiger partial charge is 0.379 e. The highest BCUT2D eigenvalue weighted by molar-refractivity contribution is 4.67. The van der Waals surface area contributed by atoms with Gasteiger partial charge in [0.1, 0.15) is 0 Å². The minimum Gasteiger partial charge on any atom is -0.379 e. The van der Waals surface area contributed by atoms with Crippen LogP contribution in [0.15, 0.2) is 0 Å². The van der Waals surface area contributed by atoms with E-state index in [0.717, 1.165) is 39.0 Å². The van der Waals surface area contributed by atoms with Crippen molar-refractivity contribution in [2.45, 2.75) is 109 Å². The van der Waals surface area contributed by atoms with Crippen molar-refractivity contribution in [1.29, 1.82) is 0 Å². The molecule has 1 N–H and O–H groups in total. The van der Waals surface area contributed by atoms with Crippen LogP contribution in [0.4, 0.5) is 0 Å². The summed E-state index contributed by atoms with van der Waals surface area (Å²) in [6.07, 6.45) is 20.4. The third kappa shape index (κ3) is 32.8. The summed E-state index contributed by atoms with van der Waals surface area (Å²) in [6.45, 7) is 13.4. The highest BCUT2D eigenvalue weighted by atomic mass is 16.6. The fourth-order valence-corrected chi connectivity index (χ4v) is 4.88. The molecule has 0 aromatic carbocycles. The van der Waals surface area contributed by atoms with Crippen LogP contribution in [-0.4, -0.2) is 118 Å². The molecule has 1 heterocycles. The molecule has 0 aromatic heterocycles. The summed E-state index contributed by atoms with van der Waals surface area (Å²) in [4.78, 5) is 0. The summed E-state index contributed by atoms with van der Waals surface area (Å²) < 4.78 is 44.6. The fourth-order valence-electron chi connectivity index (χ4n) is 4.88. The van der Waals surface area contributed by atoms with E-state index in [-0.39, 0.29) is 0 Å². The molecule has 1 aliphatic rings. The van der Waals surface area contributed by atoms with Crippen LogP contribution in [0.25, 0.3) is 0 Å². The molecule has 0 atom stereocenters. The molecule has 1 aliphatic heterocycles. The predicted octanol–water partition coefficient (Wildman–Crippen LogP) is 5.96. The molecule has 0 spiro atoms. The van der Waals surface area contributed by atoms with E-state index in [1.54, 1.807) is 0 Å². The number of hydrogen-bond donors (Lipinski definition) is 1. The van der Waals surface area contributed by atoms with Crippen molar-refractivity contribution in [2.24, 2.45) is 0 Å². The average Bonchev–Trinajstić information content (AvgIpc) is 3.03. The maximum Gasteiger partial charge on any atom is 0.0704 e. The lowest BCUT2D eigenvalue weighted by Crippen LogP contribution is -2.33. The molecule has 0 bridgehead atoms. The molecule has 0 radical (unpaired) electrons. The molecule has 1 rings (SSSR count). The second-order valence-corrected chi connectivity index (χ2v) is 11.3. The van der Waals surface area contributed by atoms with Crippen LogP contribution in [-0.2, 0) is 37.9 Å². The Morgan fingerprint density at radius 3 is 1.05 bits per heavy atom. The zero-order valence-electron chi connectivity index (χ0n) is 28.0. The topological polar surface area (TPSA) is 85.9 Å². The van der Waals surface area contributed by atoms with Crippen molar-refractivity contribution < 1.29 is 37.9 Å². The zero-order valence-corrected chi connectivity index (χ0v) is 28.0. The second kappa shape index (κ2) is 36.1. The standard InChI is InChI=1S/C34H69NO8/c1-2-3-4-5-6-7-8-9-10-11-12-13-14-19-36-20-21-37-22-23-38-24-25-39-26-27-40-28-29-41-30-31-42-32-33-43-34-15-17-35-18-16-34/h34-35H,2-33H2,1H3. The van der Waals surface area contributed by atoms with Gasteiger partial charge >= 0.3 is 0 Å². The Kier molecular flexibility index (Phi) is 34.1. The van der Waals surface area contributed by atoms with E-state index in [2.05, 4.69) is 12.2 Å². The lowest BCUT2D eigenvalue weighted by Gasteiger charge is -2.22. The Labute approximate surface area is 264 Å². The number of rotatable bonds is 36. The molecule has 1 fully saturated rings. The Balaban J connectivity index is 1.60. The second-order valence-electron chi connectivity index (χ2n) is 11.3. The summed E-state index contributed by atoms with van der Waals surface area (Å²) >= 11 is 0. The van der Waals surface area contributed by atoms with Crippen molar-refractivity contribution in [3.63, 3.8) is 0 Å². The van der Waals surface area contributed by atoms with Crippen LogP contribution in [0.2, 0.25) is 0 Å². The zero-order chi connectivity index (χ0) is 30.6. The molecule has 0 amide bonds. The van der Waals surface area contributed by atoms with Gasteiger partial charge in [-0.1, -0.05) is 84.0 Å². The van der Waals surface area contributed by atoms with Gasteiger partial charge in [0.2, 0.25) is 0 Å². The van der Waals surface area contributed by atoms with Crippen molar-refractivity contribution >= 4 is 0 Å². The van der Waals surface area contributed by atoms with E-state index in [0.29, 0.717) is 98.6 Å². The van der Waals surface area contributed by atoms with Gasteiger partial charge in [-0.05, 0) is 32.4 Å². The molecule has 0 aromatic rings. The van der Waals surface area contributed by atoms with E-state index in [4.69, 9.17) is 37.9 Å². The lowest BCUT2D eigenvalue weighted by atomic mass is 10.0. The van der Waals surface area contributed by atoms with Gasteiger partial charge in [0.15, 0.2) is 0 Å². The van der Waals surface area contributed by atoms with Gasteiger partial charge in [-0.25, -0.2) is 0 Å². The Morgan fingerprint density at radius 2 is 0.674 bits per heavy atom. The SMILES string of the molecule is CCCCCCCCCCCCCCCOCCOCCOCCOCCOCCOCCOCCOC1CCNCC1. The molecule has 0 unspecified atom stereocenters. The Hall–Kier alpha value is -0.360. The lowest BCUT2D eigenvalue weighted by molar-refractivity contribution is -0.0313. The third-order valence-electron chi connectivity index (χ3n) is 7.49. The number of nitrogens with one attached hydrogen (secondary N) is 1. The first kappa shape index (κ1) is 40.7. The van der Waals surface area contributed by atoms with Crippen LogP contribution < -0.4 is 5.32 Å². The van der Waals surface area contributed by atoms with E-state index in [1.165, 1.54) is 77.0 Å². The first-order valence-corrected chi connectivity index (χ1v) is 17.8. The van der Waals surface area contributed by atoms with E-state index in [1.807, 2.05) is 0 Å². The van der Waals surface area contributed by atoms with Gasteiger partial charge in [0, 0.05) is 6.61 Å². The highest BCUT2D eigenvalue weighted by Gasteiger charge is 2.12. The first-order valence-electron chi connectivity index (χ1n) is 17.8. The molecule has 9 nitrogen and oxygen atoms in total. The van der Waals surface area contributed by atoms with Gasteiger partial charge in [-0.3, -0.25) is 0 Å². The summed E-state index contributed by atoms with van der Waals surface area (Å²) in [6, 6.07) is 0. The van der Waals surface area contributed by atoms with Crippen LogP contribution >= 0.6 is 0 Å². The van der Waals surface area contributed by atoms with Crippen LogP contribution in [0.1, 0.15) is 103 Å². The van der Waals surface area contributed by atoms with Gasteiger partial charge in [0.25, 0.3) is 0 Å². The smallest absolute Gasteiger partial charge is 0.0704 e. The van der Waals surface area contributed by atoms with E-state index >= 15 is 0 Å². The normalized spacial score (nSPS) is 14.2. The van der Waals surface area contributed by atoms with E-state index < -0.39 is 0 Å². The molecule has 9 heteroatoms. The summed E-state index contributed by atoms with van der Waals surface area (Å²) in [5.41, 5.74) is 0. The maximum atomic E-state index is 5.80. The van der Waals surface area contributed by atoms with Crippen LogP contribution in [0.5, 0.6) is 0 Å². The summed E-state index contributed by atoms with van der Waals surface area (Å²) in [7, 11) is 0. The number of piperidine rings is 1. The van der Waals surface area contributed by atoms with Gasteiger partial charge in [-0.15, -0.1) is 0 Å². The minimum absolute atomic E-state index is 0.383. The van der Waals surface area contributed by atoms with Gasteiger partial charge in [-0.2, -0.15) is 0 Å². The molecule has 0 aliphatic carbocycles. The fraction of sp³-hybridized carbons (Fsp3) is 1.00. The van der Waals surface area contributed by atoms with Crippen molar-refractivity contribution in [3.8, 4) is 0 Å². The molecule has 1 saturated heterocycles. The van der Waals surface area contributed by atoms with Crippen LogP contribution in [0.3, 0.4) is 0 Å². The third-order valence-corrected chi connectivity index (χ3v) is 7.49. The van der Waals surface area contributed by atoms with Crippen LogP contribution in [0, 0.1) is 0 Å². The quantitative estimate of drug-likeness (QED) is 0.0854. The average molecular weight is 620 g/mol. The molecule has 43 heavy (non-hydrogen) atoms. The van der Waals surface area contributed by atoms with Crippen molar-refractivity contribution in [1.82, 2.24) is 5.32 Å².